The first-order valence-electron chi connectivity index (χ1n) is 12.3. The maximum Gasteiger partial charge on any atom is 0.295 e. The SMILES string of the molecule is CCCCOc1ccc(/C(O)=C2\C(=O)C(=O)N(CCCN(C)C)C2c2ccccc2OCC)cc1. The molecule has 1 N–H and O–H groups in total. The first-order chi connectivity index (χ1) is 16.9. The first kappa shape index (κ1) is 26.3. The Morgan fingerprint density at radius 3 is 2.37 bits per heavy atom. The molecule has 1 amide bonds. The van der Waals surface area contributed by atoms with Crippen molar-refractivity contribution in [3.05, 3.63) is 65.2 Å². The van der Waals surface area contributed by atoms with Gasteiger partial charge in [0.2, 0.25) is 0 Å². The Morgan fingerprint density at radius 1 is 1.00 bits per heavy atom. The molecule has 1 aliphatic heterocycles. The summed E-state index contributed by atoms with van der Waals surface area (Å²) in [4.78, 5) is 30.0. The number of carbonyl (C=O) groups is 2. The van der Waals surface area contributed by atoms with Gasteiger partial charge in [-0.1, -0.05) is 31.5 Å². The van der Waals surface area contributed by atoms with Crippen molar-refractivity contribution in [2.24, 2.45) is 0 Å². The highest BCUT2D eigenvalue weighted by molar-refractivity contribution is 6.46. The minimum Gasteiger partial charge on any atom is -0.507 e. The standard InChI is InChI=1S/C28H36N2O5/c1-5-7-19-35-21-15-13-20(14-16-21)26(31)24-25(22-11-8-9-12-23(22)34-6-2)30(28(33)27(24)32)18-10-17-29(3)4/h8-9,11-16,25,31H,5-7,10,17-19H2,1-4H3/b26-24+. The molecule has 0 radical (unpaired) electrons. The van der Waals surface area contributed by atoms with Gasteiger partial charge in [0.05, 0.1) is 24.8 Å². The summed E-state index contributed by atoms with van der Waals surface area (Å²) in [7, 11) is 3.93. The number of amides is 1. The van der Waals surface area contributed by atoms with Crippen molar-refractivity contribution in [3.8, 4) is 11.5 Å². The van der Waals surface area contributed by atoms with E-state index in [2.05, 4.69) is 6.92 Å². The Balaban J connectivity index is 2.03. The summed E-state index contributed by atoms with van der Waals surface area (Å²) >= 11 is 0. The molecule has 1 saturated heterocycles. The molecular weight excluding hydrogens is 444 g/mol. The number of likely N-dealkylation sites (tertiary alicyclic amines) is 1. The monoisotopic (exact) mass is 480 g/mol. The molecule has 2 aromatic rings. The van der Waals surface area contributed by atoms with E-state index in [1.165, 1.54) is 0 Å². The van der Waals surface area contributed by atoms with E-state index in [0.717, 1.165) is 19.4 Å². The van der Waals surface area contributed by atoms with Gasteiger partial charge in [0.15, 0.2) is 0 Å². The zero-order valence-corrected chi connectivity index (χ0v) is 21.1. The van der Waals surface area contributed by atoms with Gasteiger partial charge < -0.3 is 24.4 Å². The lowest BCUT2D eigenvalue weighted by Crippen LogP contribution is -2.32. The minimum atomic E-state index is -0.736. The second kappa shape index (κ2) is 12.4. The molecule has 35 heavy (non-hydrogen) atoms. The average molecular weight is 481 g/mol. The molecule has 1 fully saturated rings. The summed E-state index contributed by atoms with van der Waals surface area (Å²) in [6.45, 7) is 6.19. The smallest absolute Gasteiger partial charge is 0.295 e. The van der Waals surface area contributed by atoms with Crippen LogP contribution in [0.2, 0.25) is 0 Å². The predicted octanol–water partition coefficient (Wildman–Crippen LogP) is 4.64. The number of hydrogen-bond donors (Lipinski definition) is 1. The topological polar surface area (TPSA) is 79.3 Å². The molecule has 7 nitrogen and oxygen atoms in total. The number of benzene rings is 2. The number of Topliss-reactive ketones (excluding diaryl/α,β-unsaturated/α-hetero) is 1. The van der Waals surface area contributed by atoms with Gasteiger partial charge in [0, 0.05) is 17.7 Å². The quantitative estimate of drug-likeness (QED) is 0.206. The minimum absolute atomic E-state index is 0.0756. The molecule has 1 heterocycles. The van der Waals surface area contributed by atoms with Gasteiger partial charge in [0.1, 0.15) is 17.3 Å². The fourth-order valence-electron chi connectivity index (χ4n) is 4.18. The van der Waals surface area contributed by atoms with Gasteiger partial charge in [-0.2, -0.15) is 0 Å². The number of aliphatic hydroxyl groups is 1. The summed E-state index contributed by atoms with van der Waals surface area (Å²) in [6.07, 6.45) is 2.69. The fourth-order valence-corrected chi connectivity index (χ4v) is 4.18. The normalized spacial score (nSPS) is 17.3. The summed E-state index contributed by atoms with van der Waals surface area (Å²) in [5.41, 5.74) is 1.21. The van der Waals surface area contributed by atoms with E-state index in [4.69, 9.17) is 9.47 Å². The number of ketones is 1. The summed E-state index contributed by atoms with van der Waals surface area (Å²) in [5.74, 6) is -0.217. The van der Waals surface area contributed by atoms with Crippen LogP contribution < -0.4 is 9.47 Å². The first-order valence-corrected chi connectivity index (χ1v) is 12.3. The van der Waals surface area contributed by atoms with E-state index in [-0.39, 0.29) is 11.3 Å². The van der Waals surface area contributed by atoms with Crippen LogP contribution >= 0.6 is 0 Å². The molecule has 7 heteroatoms. The third-order valence-electron chi connectivity index (χ3n) is 5.95. The van der Waals surface area contributed by atoms with E-state index in [1.807, 2.05) is 50.2 Å². The third-order valence-corrected chi connectivity index (χ3v) is 5.95. The number of rotatable bonds is 12. The van der Waals surface area contributed by atoms with Gasteiger partial charge in [0.25, 0.3) is 11.7 Å². The average Bonchev–Trinajstić information content (AvgIpc) is 3.09. The molecule has 3 rings (SSSR count). The number of unbranched alkanes of at least 4 members (excludes halogenated alkanes) is 1. The van der Waals surface area contributed by atoms with E-state index >= 15 is 0 Å². The third kappa shape index (κ3) is 6.22. The van der Waals surface area contributed by atoms with Gasteiger partial charge in [-0.05, 0) is 70.7 Å². The zero-order chi connectivity index (χ0) is 25.4. The Kier molecular flexibility index (Phi) is 9.32. The molecule has 0 saturated carbocycles. The van der Waals surface area contributed by atoms with Gasteiger partial charge in [-0.25, -0.2) is 0 Å². The summed E-state index contributed by atoms with van der Waals surface area (Å²) in [5, 5.41) is 11.3. The molecule has 0 spiro atoms. The lowest BCUT2D eigenvalue weighted by atomic mass is 9.94. The van der Waals surface area contributed by atoms with E-state index in [1.54, 1.807) is 29.2 Å². The Labute approximate surface area is 207 Å². The highest BCUT2D eigenvalue weighted by Crippen LogP contribution is 2.42. The molecule has 1 aliphatic rings. The van der Waals surface area contributed by atoms with E-state index < -0.39 is 17.7 Å². The van der Waals surface area contributed by atoms with Crippen LogP contribution in [0.3, 0.4) is 0 Å². The number of para-hydroxylation sites is 1. The number of hydrogen-bond acceptors (Lipinski definition) is 6. The van der Waals surface area contributed by atoms with Crippen LogP contribution in [0.15, 0.2) is 54.1 Å². The Bertz CT molecular complexity index is 1050. The number of aliphatic hydroxyl groups excluding tert-OH is 1. The molecule has 2 aromatic carbocycles. The van der Waals surface area contributed by atoms with E-state index in [0.29, 0.717) is 48.8 Å². The maximum absolute atomic E-state index is 13.2. The maximum atomic E-state index is 13.2. The highest BCUT2D eigenvalue weighted by Gasteiger charge is 2.46. The van der Waals surface area contributed by atoms with Gasteiger partial charge >= 0.3 is 0 Å². The van der Waals surface area contributed by atoms with Crippen molar-refractivity contribution in [3.63, 3.8) is 0 Å². The fraction of sp³-hybridized carbons (Fsp3) is 0.429. The molecule has 1 unspecified atom stereocenters. The zero-order valence-electron chi connectivity index (χ0n) is 21.1. The predicted molar refractivity (Wildman–Crippen MR) is 137 cm³/mol. The molecule has 188 valence electrons. The number of nitrogens with zero attached hydrogens (tertiary/aromatic N) is 2. The lowest BCUT2D eigenvalue weighted by Gasteiger charge is -2.27. The van der Waals surface area contributed by atoms with Crippen LogP contribution in [0.1, 0.15) is 50.3 Å². The Hall–Kier alpha value is -3.32. The second-order valence-electron chi connectivity index (χ2n) is 8.85. The molecule has 1 atom stereocenters. The van der Waals surface area contributed by atoms with Crippen LogP contribution in [-0.4, -0.2) is 67.0 Å². The van der Waals surface area contributed by atoms with Crippen molar-refractivity contribution in [2.45, 2.75) is 39.2 Å². The lowest BCUT2D eigenvalue weighted by molar-refractivity contribution is -0.140. The summed E-state index contributed by atoms with van der Waals surface area (Å²) < 4.78 is 11.5. The van der Waals surface area contributed by atoms with Crippen LogP contribution in [0, 0.1) is 0 Å². The van der Waals surface area contributed by atoms with Crippen molar-refractivity contribution >= 4 is 17.4 Å². The second-order valence-corrected chi connectivity index (χ2v) is 8.85. The largest absolute Gasteiger partial charge is 0.507 e. The van der Waals surface area contributed by atoms with Gasteiger partial charge in [-0.3, -0.25) is 9.59 Å². The van der Waals surface area contributed by atoms with Crippen LogP contribution in [0.25, 0.3) is 5.76 Å². The van der Waals surface area contributed by atoms with Crippen molar-refractivity contribution < 1.29 is 24.2 Å². The van der Waals surface area contributed by atoms with Crippen molar-refractivity contribution in [1.29, 1.82) is 0 Å². The van der Waals surface area contributed by atoms with Crippen molar-refractivity contribution in [1.82, 2.24) is 9.80 Å². The molecule has 0 aliphatic carbocycles. The number of carbonyl (C=O) groups excluding carboxylic acids is 2. The molecule has 0 bridgehead atoms. The molecule has 0 aromatic heterocycles. The van der Waals surface area contributed by atoms with Crippen LogP contribution in [-0.2, 0) is 9.59 Å². The van der Waals surface area contributed by atoms with Crippen molar-refractivity contribution in [2.75, 3.05) is 40.4 Å². The highest BCUT2D eigenvalue weighted by atomic mass is 16.5. The summed E-state index contributed by atoms with van der Waals surface area (Å²) in [6, 6.07) is 13.6. The van der Waals surface area contributed by atoms with Gasteiger partial charge in [-0.15, -0.1) is 0 Å². The number of ether oxygens (including phenoxy) is 2. The van der Waals surface area contributed by atoms with Crippen LogP contribution in [0.5, 0.6) is 11.5 Å². The van der Waals surface area contributed by atoms with E-state index in [9.17, 15) is 14.7 Å². The Morgan fingerprint density at radius 2 is 1.71 bits per heavy atom. The van der Waals surface area contributed by atoms with Crippen LogP contribution in [0.4, 0.5) is 0 Å². The molecular formula is C28H36N2O5.